The number of piperidine rings is 1. The lowest BCUT2D eigenvalue weighted by Crippen LogP contribution is -2.46. The Morgan fingerprint density at radius 1 is 1.12 bits per heavy atom. The first kappa shape index (κ1) is 17.8. The Kier molecular flexibility index (Phi) is 6.22. The third-order valence-corrected chi connectivity index (χ3v) is 5.20. The normalized spacial score (nSPS) is 26.3. The van der Waals surface area contributed by atoms with Crippen molar-refractivity contribution in [2.24, 2.45) is 5.92 Å². The monoisotopic (exact) mass is 335 g/mol. The van der Waals surface area contributed by atoms with E-state index < -0.39 is 0 Å². The van der Waals surface area contributed by atoms with Gasteiger partial charge in [-0.3, -0.25) is 9.80 Å². The molecule has 2 heterocycles. The van der Waals surface area contributed by atoms with Crippen molar-refractivity contribution >= 4 is 0 Å². The van der Waals surface area contributed by atoms with E-state index in [4.69, 9.17) is 4.74 Å². The summed E-state index contributed by atoms with van der Waals surface area (Å²) in [6, 6.07) is 6.87. The van der Waals surface area contributed by atoms with Crippen molar-refractivity contribution in [2.75, 3.05) is 60.0 Å². The summed E-state index contributed by atoms with van der Waals surface area (Å²) in [6.07, 6.45) is 1.52. The lowest BCUT2D eigenvalue weighted by molar-refractivity contribution is -0.0241. The predicted octanol–water partition coefficient (Wildman–Crippen LogP) is 1.91. The smallest absolute Gasteiger partial charge is 0.123 e. The van der Waals surface area contributed by atoms with Crippen LogP contribution >= 0.6 is 0 Å². The third kappa shape index (κ3) is 4.99. The van der Waals surface area contributed by atoms with Crippen LogP contribution in [0.2, 0.25) is 0 Å². The summed E-state index contributed by atoms with van der Waals surface area (Å²) >= 11 is 0. The minimum Gasteiger partial charge on any atom is -0.375 e. The maximum absolute atomic E-state index is 13.0. The highest BCUT2D eigenvalue weighted by Crippen LogP contribution is 2.25. The highest BCUT2D eigenvalue weighted by Gasteiger charge is 2.33. The summed E-state index contributed by atoms with van der Waals surface area (Å²) in [7, 11) is 4.26. The number of benzene rings is 1. The molecule has 2 aliphatic heterocycles. The molecule has 5 heteroatoms. The molecule has 0 radical (unpaired) electrons. The van der Waals surface area contributed by atoms with Gasteiger partial charge in [-0.25, -0.2) is 4.39 Å². The lowest BCUT2D eigenvalue weighted by atomic mass is 9.93. The van der Waals surface area contributed by atoms with E-state index in [0.717, 1.165) is 52.4 Å². The van der Waals surface area contributed by atoms with Gasteiger partial charge in [0.2, 0.25) is 0 Å². The average Bonchev–Trinajstić information content (AvgIpc) is 2.76. The van der Waals surface area contributed by atoms with Gasteiger partial charge in [-0.1, -0.05) is 12.1 Å². The van der Waals surface area contributed by atoms with Crippen LogP contribution in [0.1, 0.15) is 12.0 Å². The fraction of sp³-hybridized carbons (Fsp3) is 0.684. The Morgan fingerprint density at radius 2 is 1.92 bits per heavy atom. The number of hydrogen-bond donors (Lipinski definition) is 0. The van der Waals surface area contributed by atoms with Crippen molar-refractivity contribution in [3.63, 3.8) is 0 Å². The largest absolute Gasteiger partial charge is 0.375 e. The molecule has 134 valence electrons. The Morgan fingerprint density at radius 3 is 2.67 bits per heavy atom. The average molecular weight is 335 g/mol. The summed E-state index contributed by atoms with van der Waals surface area (Å²) < 4.78 is 19.2. The molecule has 0 aliphatic carbocycles. The van der Waals surface area contributed by atoms with Gasteiger partial charge in [0.25, 0.3) is 0 Å². The second kappa shape index (κ2) is 8.39. The van der Waals surface area contributed by atoms with Crippen LogP contribution in [0.15, 0.2) is 24.3 Å². The number of ether oxygens (including phenoxy) is 1. The van der Waals surface area contributed by atoms with Crippen molar-refractivity contribution in [2.45, 2.75) is 19.1 Å². The minimum absolute atomic E-state index is 0.164. The number of likely N-dealkylation sites (tertiary alicyclic amines) is 1. The van der Waals surface area contributed by atoms with Gasteiger partial charge in [0.05, 0.1) is 12.7 Å². The molecular weight excluding hydrogens is 305 g/mol. The summed E-state index contributed by atoms with van der Waals surface area (Å²) in [6.45, 7) is 8.23. The topological polar surface area (TPSA) is 19.0 Å². The van der Waals surface area contributed by atoms with Crippen LogP contribution in [0.5, 0.6) is 0 Å². The molecule has 0 saturated carbocycles. The van der Waals surface area contributed by atoms with Crippen LogP contribution in [-0.2, 0) is 11.3 Å². The number of hydrogen-bond acceptors (Lipinski definition) is 4. The molecule has 2 atom stereocenters. The van der Waals surface area contributed by atoms with Crippen molar-refractivity contribution < 1.29 is 9.13 Å². The quantitative estimate of drug-likeness (QED) is 0.818. The van der Waals surface area contributed by atoms with Gasteiger partial charge in [0.15, 0.2) is 0 Å². The fourth-order valence-electron chi connectivity index (χ4n) is 3.72. The first-order valence-corrected chi connectivity index (χ1v) is 9.05. The van der Waals surface area contributed by atoms with E-state index in [1.807, 2.05) is 12.1 Å². The zero-order valence-corrected chi connectivity index (χ0v) is 15.0. The standard InChI is InChI=1S/C19H30FN3O/c1-21(2)9-10-22-11-12-24-19-15-23(8-7-17(19)14-22)13-16-3-5-18(20)6-4-16/h3-6,17,19H,7-15H2,1-2H3/t17-,19-/m0/s1. The molecular formula is C19H30FN3O. The third-order valence-electron chi connectivity index (χ3n) is 5.20. The molecule has 0 N–H and O–H groups in total. The van der Waals surface area contributed by atoms with Gasteiger partial charge >= 0.3 is 0 Å². The molecule has 2 aliphatic rings. The van der Waals surface area contributed by atoms with Crippen LogP contribution in [0.3, 0.4) is 0 Å². The SMILES string of the molecule is CN(C)CCN1CCO[C@H]2CN(Cc3ccc(F)cc3)CC[C@H]2C1. The predicted molar refractivity (Wildman–Crippen MR) is 94.5 cm³/mol. The lowest BCUT2D eigenvalue weighted by Gasteiger charge is -2.38. The van der Waals surface area contributed by atoms with E-state index in [1.165, 1.54) is 12.0 Å². The molecule has 0 amide bonds. The summed E-state index contributed by atoms with van der Waals surface area (Å²) in [5.74, 6) is 0.474. The van der Waals surface area contributed by atoms with E-state index in [1.54, 1.807) is 12.1 Å². The van der Waals surface area contributed by atoms with Gasteiger partial charge in [-0.2, -0.15) is 0 Å². The second-order valence-electron chi connectivity index (χ2n) is 7.42. The second-order valence-corrected chi connectivity index (χ2v) is 7.42. The fourth-order valence-corrected chi connectivity index (χ4v) is 3.72. The Balaban J connectivity index is 1.51. The van der Waals surface area contributed by atoms with E-state index in [9.17, 15) is 4.39 Å². The Labute approximate surface area is 145 Å². The van der Waals surface area contributed by atoms with Crippen molar-refractivity contribution in [1.29, 1.82) is 0 Å². The van der Waals surface area contributed by atoms with Crippen LogP contribution in [0.4, 0.5) is 4.39 Å². The summed E-state index contributed by atoms with van der Waals surface area (Å²) in [5, 5.41) is 0. The summed E-state index contributed by atoms with van der Waals surface area (Å²) in [5.41, 5.74) is 1.18. The number of halogens is 1. The van der Waals surface area contributed by atoms with Crippen LogP contribution in [0.25, 0.3) is 0 Å². The van der Waals surface area contributed by atoms with Crippen molar-refractivity contribution in [1.82, 2.24) is 14.7 Å². The molecule has 0 aromatic heterocycles. The molecule has 0 bridgehead atoms. The molecule has 2 saturated heterocycles. The molecule has 1 aromatic rings. The van der Waals surface area contributed by atoms with Gasteiger partial charge in [-0.15, -0.1) is 0 Å². The molecule has 3 rings (SSSR count). The van der Waals surface area contributed by atoms with Gasteiger partial charge in [-0.05, 0) is 44.8 Å². The molecule has 0 unspecified atom stereocenters. The van der Waals surface area contributed by atoms with Gasteiger partial charge in [0, 0.05) is 45.2 Å². The molecule has 2 fully saturated rings. The summed E-state index contributed by atoms with van der Waals surface area (Å²) in [4.78, 5) is 7.25. The maximum atomic E-state index is 13.0. The van der Waals surface area contributed by atoms with Gasteiger partial charge < -0.3 is 9.64 Å². The van der Waals surface area contributed by atoms with E-state index in [-0.39, 0.29) is 5.82 Å². The number of fused-ring (bicyclic) bond motifs is 1. The number of nitrogens with zero attached hydrogens (tertiary/aromatic N) is 3. The first-order valence-electron chi connectivity index (χ1n) is 9.05. The Hall–Kier alpha value is -1.01. The maximum Gasteiger partial charge on any atom is 0.123 e. The minimum atomic E-state index is -0.164. The number of likely N-dealkylation sites (N-methyl/N-ethyl adjacent to an activating group) is 1. The molecule has 1 aromatic carbocycles. The molecule has 4 nitrogen and oxygen atoms in total. The van der Waals surface area contributed by atoms with E-state index in [2.05, 4.69) is 28.8 Å². The molecule has 0 spiro atoms. The van der Waals surface area contributed by atoms with E-state index >= 15 is 0 Å². The highest BCUT2D eigenvalue weighted by molar-refractivity contribution is 5.16. The van der Waals surface area contributed by atoms with Crippen molar-refractivity contribution in [3.8, 4) is 0 Å². The number of rotatable bonds is 5. The zero-order chi connectivity index (χ0) is 16.9. The van der Waals surface area contributed by atoms with Gasteiger partial charge in [0.1, 0.15) is 5.82 Å². The Bertz CT molecular complexity index is 508. The van der Waals surface area contributed by atoms with Crippen LogP contribution in [-0.4, -0.2) is 80.8 Å². The van der Waals surface area contributed by atoms with Crippen LogP contribution in [0, 0.1) is 11.7 Å². The highest BCUT2D eigenvalue weighted by atomic mass is 19.1. The zero-order valence-electron chi connectivity index (χ0n) is 15.0. The van der Waals surface area contributed by atoms with Crippen molar-refractivity contribution in [3.05, 3.63) is 35.6 Å². The van der Waals surface area contributed by atoms with E-state index in [0.29, 0.717) is 12.0 Å². The molecule has 24 heavy (non-hydrogen) atoms. The first-order chi connectivity index (χ1) is 11.6. The van der Waals surface area contributed by atoms with Crippen LogP contribution < -0.4 is 0 Å².